The number of rotatable bonds is 3. The molecular weight excluding hydrogens is 270 g/mol. The number of carbonyl (C=O) groups is 1. The van der Waals surface area contributed by atoms with E-state index in [4.69, 9.17) is 4.42 Å². The monoisotopic (exact) mass is 283 g/mol. The van der Waals surface area contributed by atoms with E-state index in [0.717, 1.165) is 5.39 Å². The van der Waals surface area contributed by atoms with Crippen LogP contribution in [0.3, 0.4) is 0 Å². The number of benzene rings is 2. The summed E-state index contributed by atoms with van der Waals surface area (Å²) in [4.78, 5) is 12.2. The maximum absolute atomic E-state index is 12.2. The van der Waals surface area contributed by atoms with Crippen LogP contribution in [-0.2, 0) is 6.54 Å². The van der Waals surface area contributed by atoms with Crippen molar-refractivity contribution >= 4 is 16.9 Å². The van der Waals surface area contributed by atoms with Crippen LogP contribution in [0.5, 0.6) is 11.5 Å². The molecule has 106 valence electrons. The third-order valence-corrected chi connectivity index (χ3v) is 3.22. The molecule has 5 nitrogen and oxygen atoms in total. The van der Waals surface area contributed by atoms with E-state index in [1.54, 1.807) is 12.1 Å². The summed E-state index contributed by atoms with van der Waals surface area (Å²) < 4.78 is 5.32. The van der Waals surface area contributed by atoms with Crippen molar-refractivity contribution in [3.05, 3.63) is 59.9 Å². The third-order valence-electron chi connectivity index (χ3n) is 3.22. The van der Waals surface area contributed by atoms with Gasteiger partial charge in [0, 0.05) is 11.9 Å². The van der Waals surface area contributed by atoms with E-state index in [0.29, 0.717) is 16.7 Å². The molecule has 0 bridgehead atoms. The number of phenols is 2. The molecule has 1 amide bonds. The number of amides is 1. The Hall–Kier alpha value is -2.95. The Kier molecular flexibility index (Phi) is 3.23. The molecule has 3 N–H and O–H groups in total. The van der Waals surface area contributed by atoms with Crippen LogP contribution in [0, 0.1) is 0 Å². The fraction of sp³-hybridized carbons (Fsp3) is 0.0625. The minimum atomic E-state index is -0.257. The first-order valence-electron chi connectivity index (χ1n) is 6.40. The first-order chi connectivity index (χ1) is 10.1. The van der Waals surface area contributed by atoms with Crippen molar-refractivity contribution in [2.24, 2.45) is 0 Å². The summed E-state index contributed by atoms with van der Waals surface area (Å²) in [6.07, 6.45) is 1.42. The van der Waals surface area contributed by atoms with Crippen LogP contribution < -0.4 is 5.32 Å². The molecule has 0 aliphatic carbocycles. The molecule has 3 rings (SSSR count). The van der Waals surface area contributed by atoms with E-state index in [9.17, 15) is 15.0 Å². The molecule has 21 heavy (non-hydrogen) atoms. The topological polar surface area (TPSA) is 82.7 Å². The van der Waals surface area contributed by atoms with Gasteiger partial charge in [0.1, 0.15) is 11.8 Å². The standard InChI is InChI=1S/C16H13NO4/c18-13-6-5-10(7-14(13)19)8-17-16(20)12-9-21-15-4-2-1-3-11(12)15/h1-7,9,18-19H,8H2,(H,17,20). The fourth-order valence-corrected chi connectivity index (χ4v) is 2.11. The molecule has 0 saturated heterocycles. The molecule has 1 aromatic heterocycles. The van der Waals surface area contributed by atoms with Crippen LogP contribution >= 0.6 is 0 Å². The smallest absolute Gasteiger partial charge is 0.255 e. The van der Waals surface area contributed by atoms with Gasteiger partial charge in [0.25, 0.3) is 5.91 Å². The normalized spacial score (nSPS) is 10.7. The van der Waals surface area contributed by atoms with E-state index in [2.05, 4.69) is 5.32 Å². The molecule has 5 heteroatoms. The lowest BCUT2D eigenvalue weighted by molar-refractivity contribution is 0.0951. The maximum atomic E-state index is 12.2. The fourth-order valence-electron chi connectivity index (χ4n) is 2.11. The van der Waals surface area contributed by atoms with Gasteiger partial charge in [0.05, 0.1) is 5.56 Å². The van der Waals surface area contributed by atoms with Crippen LogP contribution in [0.15, 0.2) is 53.1 Å². The van der Waals surface area contributed by atoms with Gasteiger partial charge in [-0.25, -0.2) is 0 Å². The van der Waals surface area contributed by atoms with Gasteiger partial charge in [-0.1, -0.05) is 24.3 Å². The number of fused-ring (bicyclic) bond motifs is 1. The largest absolute Gasteiger partial charge is 0.504 e. The zero-order chi connectivity index (χ0) is 14.8. The maximum Gasteiger partial charge on any atom is 0.255 e. The van der Waals surface area contributed by atoms with E-state index in [1.807, 2.05) is 18.2 Å². The summed E-state index contributed by atoms with van der Waals surface area (Å²) in [6.45, 7) is 0.242. The quantitative estimate of drug-likeness (QED) is 0.645. The number of phenolic OH excluding ortho intramolecular Hbond substituents is 2. The molecule has 0 fully saturated rings. The Balaban J connectivity index is 1.76. The molecule has 3 aromatic rings. The lowest BCUT2D eigenvalue weighted by atomic mass is 10.1. The Morgan fingerprint density at radius 2 is 1.90 bits per heavy atom. The molecule has 0 radical (unpaired) electrons. The van der Waals surface area contributed by atoms with Gasteiger partial charge >= 0.3 is 0 Å². The van der Waals surface area contributed by atoms with Crippen LogP contribution in [0.2, 0.25) is 0 Å². The summed E-state index contributed by atoms with van der Waals surface area (Å²) in [5, 5.41) is 22.2. The molecule has 0 saturated carbocycles. The van der Waals surface area contributed by atoms with Gasteiger partial charge in [0.15, 0.2) is 11.5 Å². The highest BCUT2D eigenvalue weighted by molar-refractivity contribution is 6.05. The van der Waals surface area contributed by atoms with E-state index >= 15 is 0 Å². The first kappa shape index (κ1) is 13.1. The second kappa shape index (κ2) is 5.20. The molecule has 0 aliphatic rings. The van der Waals surface area contributed by atoms with Crippen molar-refractivity contribution < 1.29 is 19.4 Å². The number of carbonyl (C=O) groups excluding carboxylic acids is 1. The van der Waals surface area contributed by atoms with Gasteiger partial charge in [-0.3, -0.25) is 4.79 Å². The van der Waals surface area contributed by atoms with Crippen molar-refractivity contribution in [3.8, 4) is 11.5 Å². The zero-order valence-electron chi connectivity index (χ0n) is 11.0. The average molecular weight is 283 g/mol. The van der Waals surface area contributed by atoms with Crippen LogP contribution in [0.1, 0.15) is 15.9 Å². The molecule has 0 aliphatic heterocycles. The number of hydrogen-bond donors (Lipinski definition) is 3. The minimum Gasteiger partial charge on any atom is -0.504 e. The second-order valence-electron chi connectivity index (χ2n) is 4.65. The van der Waals surface area contributed by atoms with Crippen molar-refractivity contribution in [1.29, 1.82) is 0 Å². The summed E-state index contributed by atoms with van der Waals surface area (Å²) in [6, 6.07) is 11.7. The van der Waals surface area contributed by atoms with Crippen molar-refractivity contribution in [3.63, 3.8) is 0 Å². The summed E-state index contributed by atoms with van der Waals surface area (Å²) >= 11 is 0. The van der Waals surface area contributed by atoms with Crippen LogP contribution in [0.4, 0.5) is 0 Å². The highest BCUT2D eigenvalue weighted by atomic mass is 16.3. The van der Waals surface area contributed by atoms with E-state index in [-0.39, 0.29) is 24.0 Å². The summed E-state index contributed by atoms with van der Waals surface area (Å²) in [5.74, 6) is -0.658. The van der Waals surface area contributed by atoms with E-state index < -0.39 is 0 Å². The van der Waals surface area contributed by atoms with Crippen molar-refractivity contribution in [2.75, 3.05) is 0 Å². The molecular formula is C16H13NO4. The number of nitrogens with one attached hydrogen (secondary N) is 1. The van der Waals surface area contributed by atoms with Crippen LogP contribution in [0.25, 0.3) is 11.0 Å². The Morgan fingerprint density at radius 3 is 2.71 bits per heavy atom. The minimum absolute atomic E-state index is 0.189. The number of hydrogen-bond acceptors (Lipinski definition) is 4. The third kappa shape index (κ3) is 2.53. The van der Waals surface area contributed by atoms with Gasteiger partial charge in [-0.05, 0) is 23.8 Å². The van der Waals surface area contributed by atoms with Crippen molar-refractivity contribution in [1.82, 2.24) is 5.32 Å². The molecule has 0 unspecified atom stereocenters. The predicted molar refractivity (Wildman–Crippen MR) is 77.2 cm³/mol. The number of para-hydroxylation sites is 1. The van der Waals surface area contributed by atoms with Gasteiger partial charge in [-0.15, -0.1) is 0 Å². The first-order valence-corrected chi connectivity index (χ1v) is 6.40. The van der Waals surface area contributed by atoms with Crippen LogP contribution in [-0.4, -0.2) is 16.1 Å². The van der Waals surface area contributed by atoms with Gasteiger partial charge in [-0.2, -0.15) is 0 Å². The predicted octanol–water partition coefficient (Wildman–Crippen LogP) is 2.77. The molecule has 2 aromatic carbocycles. The number of furan rings is 1. The van der Waals surface area contributed by atoms with Crippen molar-refractivity contribution in [2.45, 2.75) is 6.54 Å². The average Bonchev–Trinajstić information content (AvgIpc) is 2.92. The number of aromatic hydroxyl groups is 2. The Labute approximate surface area is 120 Å². The Bertz CT molecular complexity index is 807. The lowest BCUT2D eigenvalue weighted by Gasteiger charge is -2.05. The molecule has 0 spiro atoms. The highest BCUT2D eigenvalue weighted by Gasteiger charge is 2.13. The van der Waals surface area contributed by atoms with E-state index in [1.165, 1.54) is 18.4 Å². The summed E-state index contributed by atoms with van der Waals surface area (Å²) in [5.41, 5.74) is 1.81. The highest BCUT2D eigenvalue weighted by Crippen LogP contribution is 2.25. The van der Waals surface area contributed by atoms with Gasteiger partial charge < -0.3 is 19.9 Å². The Morgan fingerprint density at radius 1 is 1.10 bits per heavy atom. The summed E-state index contributed by atoms with van der Waals surface area (Å²) in [7, 11) is 0. The zero-order valence-corrected chi connectivity index (χ0v) is 11.0. The SMILES string of the molecule is O=C(NCc1ccc(O)c(O)c1)c1coc2ccccc12. The molecule has 0 atom stereocenters. The molecule has 1 heterocycles. The second-order valence-corrected chi connectivity index (χ2v) is 4.65. The van der Waals surface area contributed by atoms with Gasteiger partial charge in [0.2, 0.25) is 0 Å². The lowest BCUT2D eigenvalue weighted by Crippen LogP contribution is -2.22.